The van der Waals surface area contributed by atoms with Gasteiger partial charge < -0.3 is 5.32 Å². The van der Waals surface area contributed by atoms with Crippen molar-refractivity contribution in [2.75, 3.05) is 30.7 Å². The van der Waals surface area contributed by atoms with Crippen LogP contribution in [0.5, 0.6) is 0 Å². The summed E-state index contributed by atoms with van der Waals surface area (Å²) in [5.41, 5.74) is 0.994. The Labute approximate surface area is 128 Å². The van der Waals surface area contributed by atoms with E-state index in [2.05, 4.69) is 17.1 Å². The van der Waals surface area contributed by atoms with Gasteiger partial charge in [0.15, 0.2) is 9.84 Å². The van der Waals surface area contributed by atoms with Crippen molar-refractivity contribution >= 4 is 15.5 Å². The van der Waals surface area contributed by atoms with Crippen LogP contribution < -0.4 is 5.32 Å². The van der Waals surface area contributed by atoms with Gasteiger partial charge in [-0.15, -0.1) is 0 Å². The minimum Gasteiger partial charge on any atom is -0.383 e. The van der Waals surface area contributed by atoms with Crippen LogP contribution >= 0.6 is 0 Å². The quantitative estimate of drug-likeness (QED) is 0.841. The molecule has 0 aliphatic carbocycles. The van der Waals surface area contributed by atoms with Crippen molar-refractivity contribution in [3.8, 4) is 0 Å². The van der Waals surface area contributed by atoms with E-state index in [1.807, 2.05) is 19.1 Å². The monoisotopic (exact) mass is 310 g/mol. The molecule has 5 heteroatoms. The summed E-state index contributed by atoms with van der Waals surface area (Å²) in [6.45, 7) is 7.30. The van der Waals surface area contributed by atoms with Gasteiger partial charge >= 0.3 is 0 Å². The molecule has 1 aliphatic rings. The molecule has 0 radical (unpaired) electrons. The van der Waals surface area contributed by atoms with Crippen LogP contribution in [0.3, 0.4) is 0 Å². The minimum atomic E-state index is -3.11. The molecule has 4 nitrogen and oxygen atoms in total. The smallest absolute Gasteiger partial charge is 0.178 e. The van der Waals surface area contributed by atoms with Crippen LogP contribution in [0.15, 0.2) is 29.2 Å². The Morgan fingerprint density at radius 3 is 2.57 bits per heavy atom. The summed E-state index contributed by atoms with van der Waals surface area (Å²) in [5.74, 6) is 0.216. The molecule has 0 bridgehead atoms. The normalized spacial score (nSPS) is 19.8. The van der Waals surface area contributed by atoms with E-state index in [9.17, 15) is 8.42 Å². The lowest BCUT2D eigenvalue weighted by Crippen LogP contribution is -2.34. The summed E-state index contributed by atoms with van der Waals surface area (Å²) in [4.78, 5) is 2.92. The minimum absolute atomic E-state index is 0.216. The highest BCUT2D eigenvalue weighted by Gasteiger charge is 2.22. The molecule has 1 heterocycles. The van der Waals surface area contributed by atoms with Gasteiger partial charge in [0, 0.05) is 18.3 Å². The van der Waals surface area contributed by atoms with Crippen LogP contribution in [0.2, 0.25) is 0 Å². The van der Waals surface area contributed by atoms with E-state index in [-0.39, 0.29) is 5.75 Å². The van der Waals surface area contributed by atoms with Crippen molar-refractivity contribution in [2.45, 2.75) is 44.0 Å². The second-order valence-corrected chi connectivity index (χ2v) is 7.76. The summed E-state index contributed by atoms with van der Waals surface area (Å²) in [6.07, 6.45) is 3.16. The van der Waals surface area contributed by atoms with E-state index < -0.39 is 9.84 Å². The number of anilines is 1. The van der Waals surface area contributed by atoms with Gasteiger partial charge in [-0.25, -0.2) is 8.42 Å². The number of benzene rings is 1. The molecule has 1 fully saturated rings. The lowest BCUT2D eigenvalue weighted by Gasteiger charge is -2.23. The lowest BCUT2D eigenvalue weighted by atomic mass is 10.2. The molecule has 1 aliphatic heterocycles. The van der Waals surface area contributed by atoms with E-state index in [4.69, 9.17) is 0 Å². The predicted octanol–water partition coefficient (Wildman–Crippen LogP) is 2.77. The molecule has 0 aromatic heterocycles. The van der Waals surface area contributed by atoms with Crippen LogP contribution in [-0.4, -0.2) is 44.7 Å². The van der Waals surface area contributed by atoms with Crippen LogP contribution in [0.4, 0.5) is 5.69 Å². The maximum absolute atomic E-state index is 12.0. The lowest BCUT2D eigenvalue weighted by molar-refractivity contribution is 0.277. The van der Waals surface area contributed by atoms with Gasteiger partial charge in [0.25, 0.3) is 0 Å². The van der Waals surface area contributed by atoms with Gasteiger partial charge in [0.2, 0.25) is 0 Å². The average molecular weight is 310 g/mol. The van der Waals surface area contributed by atoms with Crippen molar-refractivity contribution in [1.29, 1.82) is 0 Å². The third-order valence-corrected chi connectivity index (χ3v) is 6.07. The Hall–Kier alpha value is -1.07. The fraction of sp³-hybridized carbons (Fsp3) is 0.625. The zero-order valence-electron chi connectivity index (χ0n) is 13.0. The number of nitrogens with one attached hydrogen (secondary N) is 1. The van der Waals surface area contributed by atoms with Crippen molar-refractivity contribution in [3.63, 3.8) is 0 Å². The van der Waals surface area contributed by atoms with Crippen molar-refractivity contribution < 1.29 is 8.42 Å². The summed E-state index contributed by atoms with van der Waals surface area (Å²) in [5, 5.41) is 3.43. The van der Waals surface area contributed by atoms with Gasteiger partial charge in [-0.05, 0) is 56.6 Å². The third-order valence-electron chi connectivity index (χ3n) is 4.13. The van der Waals surface area contributed by atoms with E-state index in [0.29, 0.717) is 17.4 Å². The molecule has 1 N–H and O–H groups in total. The number of likely N-dealkylation sites (tertiary alicyclic amines) is 1. The first-order valence-corrected chi connectivity index (χ1v) is 9.52. The Kier molecular flexibility index (Phi) is 5.65. The fourth-order valence-electron chi connectivity index (χ4n) is 2.94. The number of likely N-dealkylation sites (N-methyl/N-ethyl adjacent to an activating group) is 1. The summed E-state index contributed by atoms with van der Waals surface area (Å²) in [7, 11) is -3.11. The van der Waals surface area contributed by atoms with E-state index in [0.717, 1.165) is 18.8 Å². The maximum Gasteiger partial charge on any atom is 0.178 e. The summed E-state index contributed by atoms with van der Waals surface area (Å²) in [6, 6.07) is 7.75. The van der Waals surface area contributed by atoms with Crippen LogP contribution in [0.1, 0.15) is 33.1 Å². The highest BCUT2D eigenvalue weighted by Crippen LogP contribution is 2.19. The molecule has 118 valence electrons. The largest absolute Gasteiger partial charge is 0.383 e. The first kappa shape index (κ1) is 16.3. The van der Waals surface area contributed by atoms with Crippen LogP contribution in [0, 0.1) is 0 Å². The standard InChI is InChI=1S/C16H26N2O2S/c1-3-12-21(19,20)16-9-7-14(8-10-16)17-13-15-6-5-11-18(15)4-2/h7-10,15,17H,3-6,11-13H2,1-2H3. The van der Waals surface area contributed by atoms with Gasteiger partial charge in [-0.2, -0.15) is 0 Å². The Bertz CT molecular complexity index is 540. The van der Waals surface area contributed by atoms with Gasteiger partial charge in [0.1, 0.15) is 0 Å². The first-order valence-electron chi connectivity index (χ1n) is 7.87. The van der Waals surface area contributed by atoms with Gasteiger partial charge in [-0.3, -0.25) is 4.90 Å². The SMILES string of the molecule is CCCS(=O)(=O)c1ccc(NCC2CCCN2CC)cc1. The average Bonchev–Trinajstić information content (AvgIpc) is 2.93. The highest BCUT2D eigenvalue weighted by atomic mass is 32.2. The Morgan fingerprint density at radius 2 is 1.95 bits per heavy atom. The van der Waals surface area contributed by atoms with Gasteiger partial charge in [0.05, 0.1) is 10.6 Å². The molecule has 1 saturated heterocycles. The molecular weight excluding hydrogens is 284 g/mol. The molecule has 0 saturated carbocycles. The number of nitrogens with zero attached hydrogens (tertiary/aromatic N) is 1. The highest BCUT2D eigenvalue weighted by molar-refractivity contribution is 7.91. The van der Waals surface area contributed by atoms with E-state index in [1.54, 1.807) is 12.1 Å². The second kappa shape index (κ2) is 7.27. The Morgan fingerprint density at radius 1 is 1.24 bits per heavy atom. The zero-order valence-corrected chi connectivity index (χ0v) is 13.8. The molecule has 1 unspecified atom stereocenters. The number of hydrogen-bond acceptors (Lipinski definition) is 4. The number of hydrogen-bond donors (Lipinski definition) is 1. The molecule has 2 rings (SSSR count). The zero-order chi connectivity index (χ0) is 15.3. The van der Waals surface area contributed by atoms with Crippen LogP contribution in [-0.2, 0) is 9.84 Å². The third kappa shape index (κ3) is 4.20. The van der Waals surface area contributed by atoms with Crippen molar-refractivity contribution in [2.24, 2.45) is 0 Å². The van der Waals surface area contributed by atoms with Crippen molar-refractivity contribution in [3.05, 3.63) is 24.3 Å². The second-order valence-electron chi connectivity index (χ2n) is 5.65. The van der Waals surface area contributed by atoms with Crippen LogP contribution in [0.25, 0.3) is 0 Å². The first-order chi connectivity index (χ1) is 10.1. The molecule has 0 amide bonds. The molecular formula is C16H26N2O2S. The summed E-state index contributed by atoms with van der Waals surface area (Å²) < 4.78 is 23.9. The predicted molar refractivity (Wildman–Crippen MR) is 87.5 cm³/mol. The molecule has 1 aromatic rings. The molecule has 1 aromatic carbocycles. The topological polar surface area (TPSA) is 49.4 Å². The molecule has 21 heavy (non-hydrogen) atoms. The molecule has 0 spiro atoms. The number of sulfone groups is 1. The molecule has 1 atom stereocenters. The Balaban J connectivity index is 1.94. The number of rotatable bonds is 7. The summed E-state index contributed by atoms with van der Waals surface area (Å²) >= 11 is 0. The van der Waals surface area contributed by atoms with E-state index >= 15 is 0 Å². The van der Waals surface area contributed by atoms with E-state index in [1.165, 1.54) is 19.4 Å². The maximum atomic E-state index is 12.0. The van der Waals surface area contributed by atoms with Crippen molar-refractivity contribution in [1.82, 2.24) is 4.90 Å². The fourth-order valence-corrected chi connectivity index (χ4v) is 4.27. The van der Waals surface area contributed by atoms with Gasteiger partial charge in [-0.1, -0.05) is 13.8 Å².